The van der Waals surface area contributed by atoms with Gasteiger partial charge in [-0.1, -0.05) is 83.1 Å². The van der Waals surface area contributed by atoms with Gasteiger partial charge < -0.3 is 16.0 Å². The molecular formula is C18H42Li3N3. The van der Waals surface area contributed by atoms with Crippen molar-refractivity contribution in [1.82, 2.24) is 0 Å². The molecule has 0 amide bonds. The van der Waals surface area contributed by atoms with Crippen LogP contribution in [0.15, 0.2) is 0 Å². The first kappa shape index (κ1) is 40.4. The normalized spacial score (nSPS) is 9.75. The largest absolute Gasteiger partial charge is 1.00 e. The first-order valence-electron chi connectivity index (χ1n) is 8.48. The Kier molecular flexibility index (Phi) is 45.3. The van der Waals surface area contributed by atoms with E-state index < -0.39 is 0 Å². The van der Waals surface area contributed by atoms with E-state index in [0.29, 0.717) is 36.3 Å². The molecule has 0 aliphatic carbocycles. The molecule has 0 saturated heterocycles. The molecule has 0 spiro atoms. The van der Waals surface area contributed by atoms with Crippen LogP contribution in [0.4, 0.5) is 0 Å². The fraction of sp³-hybridized carbons (Fsp3) is 1.00. The molecule has 3 nitrogen and oxygen atoms in total. The van der Waals surface area contributed by atoms with Crippen LogP contribution in [-0.2, 0) is 0 Å². The van der Waals surface area contributed by atoms with E-state index in [2.05, 4.69) is 99.0 Å². The van der Waals surface area contributed by atoms with Crippen LogP contribution in [0.1, 0.15) is 83.1 Å². The van der Waals surface area contributed by atoms with Crippen molar-refractivity contribution in [3.63, 3.8) is 0 Å². The van der Waals surface area contributed by atoms with Gasteiger partial charge in [-0.25, -0.2) is 0 Å². The van der Waals surface area contributed by atoms with Gasteiger partial charge in [0, 0.05) is 0 Å². The third-order valence-electron chi connectivity index (χ3n) is 1.79. The smallest absolute Gasteiger partial charge is 0.658 e. The second-order valence-corrected chi connectivity index (χ2v) is 7.01. The molecule has 0 rings (SSSR count). The SMILES string of the molecule is CC(C)[N-]C(C)C.CC(C)[N-]C(C)C.CC(C)[N-]C(C)C.[Li+].[Li+].[Li+]. The van der Waals surface area contributed by atoms with Gasteiger partial charge in [0.2, 0.25) is 0 Å². The van der Waals surface area contributed by atoms with Crippen molar-refractivity contribution in [2.75, 3.05) is 0 Å². The molecule has 0 aliphatic rings. The van der Waals surface area contributed by atoms with Gasteiger partial charge in [-0.3, -0.25) is 0 Å². The minimum absolute atomic E-state index is 0. The summed E-state index contributed by atoms with van der Waals surface area (Å²) in [7, 11) is 0. The van der Waals surface area contributed by atoms with Crippen molar-refractivity contribution < 1.29 is 56.6 Å². The fourth-order valence-corrected chi connectivity index (χ4v) is 1.79. The molecule has 0 heterocycles. The van der Waals surface area contributed by atoms with E-state index in [1.165, 1.54) is 0 Å². The first-order valence-corrected chi connectivity index (χ1v) is 8.48. The van der Waals surface area contributed by atoms with Crippen molar-refractivity contribution in [3.8, 4) is 0 Å². The number of hydrogen-bond donors (Lipinski definition) is 0. The third kappa shape index (κ3) is 65.1. The second-order valence-electron chi connectivity index (χ2n) is 7.01. The van der Waals surface area contributed by atoms with Gasteiger partial charge in [-0.05, 0) is 0 Å². The Morgan fingerprint density at radius 3 is 0.375 bits per heavy atom. The van der Waals surface area contributed by atoms with E-state index in [9.17, 15) is 0 Å². The standard InChI is InChI=1S/3C6H14N.3Li/c3*1-5(2)7-6(3)4;;;/h3*5-6H,1-4H3;;;/q3*-1;3*+1. The predicted molar refractivity (Wildman–Crippen MR) is 101 cm³/mol. The van der Waals surface area contributed by atoms with E-state index >= 15 is 0 Å². The molecular weight excluding hydrogens is 279 g/mol. The maximum atomic E-state index is 4.28. The summed E-state index contributed by atoms with van der Waals surface area (Å²) in [5.41, 5.74) is 0. The van der Waals surface area contributed by atoms with Crippen LogP contribution in [0.2, 0.25) is 0 Å². The van der Waals surface area contributed by atoms with Crippen LogP contribution in [0.25, 0.3) is 16.0 Å². The third-order valence-corrected chi connectivity index (χ3v) is 1.79. The van der Waals surface area contributed by atoms with Crippen LogP contribution in [-0.4, -0.2) is 36.3 Å². The van der Waals surface area contributed by atoms with E-state index in [0.717, 1.165) is 0 Å². The minimum Gasteiger partial charge on any atom is -0.658 e. The Bertz CT molecular complexity index is 147. The van der Waals surface area contributed by atoms with Crippen LogP contribution in [0.5, 0.6) is 0 Å². The van der Waals surface area contributed by atoms with Crippen molar-refractivity contribution in [1.29, 1.82) is 0 Å². The van der Waals surface area contributed by atoms with Gasteiger partial charge in [0.1, 0.15) is 0 Å². The molecule has 0 aromatic carbocycles. The number of rotatable bonds is 6. The summed E-state index contributed by atoms with van der Waals surface area (Å²) < 4.78 is 0. The molecule has 0 radical (unpaired) electrons. The van der Waals surface area contributed by atoms with E-state index in [1.54, 1.807) is 0 Å². The Morgan fingerprint density at radius 2 is 0.375 bits per heavy atom. The topological polar surface area (TPSA) is 42.3 Å². The van der Waals surface area contributed by atoms with Crippen molar-refractivity contribution in [3.05, 3.63) is 16.0 Å². The van der Waals surface area contributed by atoms with Crippen LogP contribution >= 0.6 is 0 Å². The Morgan fingerprint density at radius 1 is 0.292 bits per heavy atom. The summed E-state index contributed by atoms with van der Waals surface area (Å²) in [4.78, 5) is 0. The zero-order valence-corrected chi connectivity index (χ0v) is 19.8. The molecule has 0 N–H and O–H groups in total. The second kappa shape index (κ2) is 26.9. The van der Waals surface area contributed by atoms with Gasteiger partial charge >= 0.3 is 56.6 Å². The van der Waals surface area contributed by atoms with Crippen LogP contribution < -0.4 is 56.6 Å². The zero-order chi connectivity index (χ0) is 17.6. The van der Waals surface area contributed by atoms with E-state index in [4.69, 9.17) is 0 Å². The van der Waals surface area contributed by atoms with Gasteiger partial charge in [-0.2, -0.15) is 0 Å². The fourth-order valence-electron chi connectivity index (χ4n) is 1.79. The quantitative estimate of drug-likeness (QED) is 0.487. The first-order chi connectivity index (χ1) is 9.38. The molecule has 6 heteroatoms. The Labute approximate surface area is 190 Å². The number of hydrogen-bond acceptors (Lipinski definition) is 0. The molecule has 0 fully saturated rings. The summed E-state index contributed by atoms with van der Waals surface area (Å²) in [6.45, 7) is 25.2. The molecule has 0 saturated carbocycles. The average Bonchev–Trinajstić information content (AvgIpc) is 2.10. The zero-order valence-electron chi connectivity index (χ0n) is 19.8. The van der Waals surface area contributed by atoms with E-state index in [1.807, 2.05) is 0 Å². The summed E-state index contributed by atoms with van der Waals surface area (Å²) in [5.74, 6) is 0. The number of nitrogens with zero attached hydrogens (tertiary/aromatic N) is 3. The van der Waals surface area contributed by atoms with Gasteiger partial charge in [-0.15, -0.1) is 36.3 Å². The van der Waals surface area contributed by atoms with Crippen molar-refractivity contribution >= 4 is 0 Å². The molecule has 0 aromatic rings. The monoisotopic (exact) mass is 321 g/mol. The minimum atomic E-state index is 0. The molecule has 0 aromatic heterocycles. The van der Waals surface area contributed by atoms with Crippen molar-refractivity contribution in [2.24, 2.45) is 0 Å². The van der Waals surface area contributed by atoms with E-state index in [-0.39, 0.29) is 56.6 Å². The van der Waals surface area contributed by atoms with Crippen LogP contribution in [0.3, 0.4) is 0 Å². The molecule has 24 heavy (non-hydrogen) atoms. The summed E-state index contributed by atoms with van der Waals surface area (Å²) in [5, 5.41) is 12.8. The predicted octanol–water partition coefficient (Wildman–Crippen LogP) is -2.46. The molecule has 0 atom stereocenters. The Hall–Kier alpha value is 1.67. The average molecular weight is 321 g/mol. The van der Waals surface area contributed by atoms with Gasteiger partial charge in [0.25, 0.3) is 0 Å². The summed E-state index contributed by atoms with van der Waals surface area (Å²) in [6.07, 6.45) is 0. The van der Waals surface area contributed by atoms with Gasteiger partial charge in [0.15, 0.2) is 0 Å². The molecule has 0 unspecified atom stereocenters. The maximum absolute atomic E-state index is 4.28. The molecule has 132 valence electrons. The maximum Gasteiger partial charge on any atom is 1.00 e. The molecule has 0 bridgehead atoms. The van der Waals surface area contributed by atoms with Gasteiger partial charge in [0.05, 0.1) is 0 Å². The summed E-state index contributed by atoms with van der Waals surface area (Å²) in [6, 6.07) is 3.00. The van der Waals surface area contributed by atoms with Crippen LogP contribution in [0, 0.1) is 0 Å². The Balaban J connectivity index is -0.0000000476. The van der Waals surface area contributed by atoms with Crippen molar-refractivity contribution in [2.45, 2.75) is 119 Å². The molecule has 0 aliphatic heterocycles. The summed E-state index contributed by atoms with van der Waals surface area (Å²) >= 11 is 0.